The summed E-state index contributed by atoms with van der Waals surface area (Å²) >= 11 is 0. The lowest BCUT2D eigenvalue weighted by atomic mass is 9.88. The lowest BCUT2D eigenvalue weighted by Crippen LogP contribution is -2.35. The van der Waals surface area contributed by atoms with E-state index in [2.05, 4.69) is 0 Å². The van der Waals surface area contributed by atoms with Crippen molar-refractivity contribution < 1.29 is 40.2 Å². The highest BCUT2D eigenvalue weighted by Crippen LogP contribution is 2.20. The van der Waals surface area contributed by atoms with Crippen molar-refractivity contribution in [2.75, 3.05) is 26.4 Å². The molecule has 20 heavy (non-hydrogen) atoms. The van der Waals surface area contributed by atoms with Crippen LogP contribution in [0.5, 0.6) is 0 Å². The van der Waals surface area contributed by atoms with Crippen molar-refractivity contribution in [2.45, 2.75) is 25.7 Å². The topological polar surface area (TPSA) is 148 Å². The van der Waals surface area contributed by atoms with E-state index in [1.54, 1.807) is 0 Å². The van der Waals surface area contributed by atoms with E-state index >= 15 is 0 Å². The van der Waals surface area contributed by atoms with Crippen molar-refractivity contribution in [3.63, 3.8) is 0 Å². The van der Waals surface area contributed by atoms with E-state index in [1.165, 1.54) is 6.92 Å². The van der Waals surface area contributed by atoms with Gasteiger partial charge >= 0.3 is 5.97 Å². The normalized spacial score (nSPS) is 13.4. The molecule has 0 fully saturated rings. The molecular weight excluding hydrogens is 272 g/mol. The Morgan fingerprint density at radius 2 is 1.60 bits per heavy atom. The summed E-state index contributed by atoms with van der Waals surface area (Å²) in [5, 5.41) is 53.2. The van der Waals surface area contributed by atoms with Gasteiger partial charge in [0.05, 0.1) is 26.4 Å². The maximum absolute atomic E-state index is 11.5. The highest BCUT2D eigenvalue weighted by atomic mass is 16.7. The standard InChI is InChI=1S/C12H22O8/c1-9(2-3-12(17,18)19)10(16)20-5-4-11(6-13,7-14)8-15/h2,13-15,17-19H,3-8H2,1H3. The van der Waals surface area contributed by atoms with E-state index in [4.69, 9.17) is 35.4 Å². The Hall–Kier alpha value is -1.03. The minimum atomic E-state index is -2.89. The van der Waals surface area contributed by atoms with Gasteiger partial charge in [0, 0.05) is 17.4 Å². The van der Waals surface area contributed by atoms with Gasteiger partial charge in [0.2, 0.25) is 0 Å². The van der Waals surface area contributed by atoms with Crippen LogP contribution in [-0.4, -0.2) is 69.0 Å². The lowest BCUT2D eigenvalue weighted by molar-refractivity contribution is -0.308. The maximum Gasteiger partial charge on any atom is 0.333 e. The molecule has 0 amide bonds. The largest absolute Gasteiger partial charge is 0.462 e. The molecule has 0 atom stereocenters. The van der Waals surface area contributed by atoms with Crippen molar-refractivity contribution in [2.24, 2.45) is 5.41 Å². The Kier molecular flexibility index (Phi) is 7.87. The Morgan fingerprint density at radius 1 is 1.10 bits per heavy atom. The molecule has 0 aromatic carbocycles. The van der Waals surface area contributed by atoms with E-state index in [1.807, 2.05) is 0 Å². The molecule has 0 spiro atoms. The van der Waals surface area contributed by atoms with Gasteiger partial charge in [-0.1, -0.05) is 6.08 Å². The summed E-state index contributed by atoms with van der Waals surface area (Å²) in [6, 6.07) is 0. The molecule has 118 valence electrons. The van der Waals surface area contributed by atoms with Gasteiger partial charge in [0.25, 0.3) is 5.97 Å². The Balaban J connectivity index is 4.29. The number of aliphatic hydroxyl groups excluding tert-OH is 3. The fourth-order valence-corrected chi connectivity index (χ4v) is 1.23. The van der Waals surface area contributed by atoms with Crippen LogP contribution >= 0.6 is 0 Å². The molecular formula is C12H22O8. The summed E-state index contributed by atoms with van der Waals surface area (Å²) in [5.41, 5.74) is -1.05. The fourth-order valence-electron chi connectivity index (χ4n) is 1.23. The smallest absolute Gasteiger partial charge is 0.333 e. The number of ether oxygens (including phenoxy) is 1. The molecule has 0 aliphatic heterocycles. The van der Waals surface area contributed by atoms with Crippen molar-refractivity contribution >= 4 is 5.97 Å². The second kappa shape index (κ2) is 8.30. The number of esters is 1. The first-order chi connectivity index (χ1) is 9.19. The van der Waals surface area contributed by atoms with Crippen LogP contribution in [0.2, 0.25) is 0 Å². The van der Waals surface area contributed by atoms with Crippen LogP contribution in [0.25, 0.3) is 0 Å². The molecule has 8 nitrogen and oxygen atoms in total. The van der Waals surface area contributed by atoms with Crippen molar-refractivity contribution in [1.29, 1.82) is 0 Å². The second-order valence-corrected chi connectivity index (χ2v) is 4.73. The average molecular weight is 294 g/mol. The fraction of sp³-hybridized carbons (Fsp3) is 0.750. The zero-order chi connectivity index (χ0) is 15.8. The van der Waals surface area contributed by atoms with Gasteiger partial charge in [-0.25, -0.2) is 4.79 Å². The quantitative estimate of drug-likeness (QED) is 0.160. The van der Waals surface area contributed by atoms with Crippen LogP contribution in [0.3, 0.4) is 0 Å². The minimum absolute atomic E-state index is 0.0640. The molecule has 0 radical (unpaired) electrons. The molecule has 0 aromatic rings. The molecule has 0 bridgehead atoms. The lowest BCUT2D eigenvalue weighted by Gasteiger charge is -2.26. The summed E-state index contributed by atoms with van der Waals surface area (Å²) in [6.45, 7) is -0.114. The number of rotatable bonds is 9. The molecule has 0 unspecified atom stereocenters. The van der Waals surface area contributed by atoms with E-state index in [9.17, 15) is 4.79 Å². The molecule has 0 rings (SSSR count). The Morgan fingerprint density at radius 3 is 2.00 bits per heavy atom. The highest BCUT2D eigenvalue weighted by Gasteiger charge is 2.28. The van der Waals surface area contributed by atoms with Crippen LogP contribution in [-0.2, 0) is 9.53 Å². The van der Waals surface area contributed by atoms with Crippen LogP contribution in [0.1, 0.15) is 19.8 Å². The van der Waals surface area contributed by atoms with Crippen LogP contribution in [0, 0.1) is 5.41 Å². The Bertz CT molecular complexity index is 319. The zero-order valence-electron chi connectivity index (χ0n) is 11.3. The third kappa shape index (κ3) is 6.94. The average Bonchev–Trinajstić information content (AvgIpc) is 2.40. The molecule has 6 N–H and O–H groups in total. The van der Waals surface area contributed by atoms with Crippen LogP contribution in [0.15, 0.2) is 11.6 Å². The van der Waals surface area contributed by atoms with Gasteiger partial charge in [0.1, 0.15) is 0 Å². The molecule has 0 saturated heterocycles. The van der Waals surface area contributed by atoms with Crippen LogP contribution in [0.4, 0.5) is 0 Å². The zero-order valence-corrected chi connectivity index (χ0v) is 11.3. The minimum Gasteiger partial charge on any atom is -0.462 e. The predicted octanol–water partition coefficient (Wildman–Crippen LogP) is -2.15. The molecule has 0 heterocycles. The van der Waals surface area contributed by atoms with E-state index in [-0.39, 0.29) is 18.6 Å². The van der Waals surface area contributed by atoms with E-state index in [0.29, 0.717) is 0 Å². The Labute approximate surface area is 116 Å². The molecule has 8 heteroatoms. The van der Waals surface area contributed by atoms with Gasteiger partial charge < -0.3 is 35.4 Å². The molecule has 0 saturated carbocycles. The number of hydrogen-bond donors (Lipinski definition) is 6. The molecule has 0 aliphatic rings. The summed E-state index contributed by atoms with van der Waals surface area (Å²) in [6.07, 6.45) is 0.612. The highest BCUT2D eigenvalue weighted by molar-refractivity contribution is 5.87. The number of carbonyl (C=O) groups is 1. The molecule has 0 aliphatic carbocycles. The first-order valence-corrected chi connectivity index (χ1v) is 6.03. The van der Waals surface area contributed by atoms with Gasteiger partial charge in [-0.2, -0.15) is 0 Å². The van der Waals surface area contributed by atoms with Crippen molar-refractivity contribution in [3.05, 3.63) is 11.6 Å². The molecule has 0 aromatic heterocycles. The van der Waals surface area contributed by atoms with E-state index < -0.39 is 43.6 Å². The van der Waals surface area contributed by atoms with Gasteiger partial charge in [0.15, 0.2) is 0 Å². The predicted molar refractivity (Wildman–Crippen MR) is 67.0 cm³/mol. The van der Waals surface area contributed by atoms with Crippen LogP contribution < -0.4 is 0 Å². The van der Waals surface area contributed by atoms with Gasteiger partial charge in [-0.05, 0) is 13.3 Å². The summed E-state index contributed by atoms with van der Waals surface area (Å²) in [4.78, 5) is 11.5. The summed E-state index contributed by atoms with van der Waals surface area (Å²) in [5.74, 6) is -3.63. The van der Waals surface area contributed by atoms with E-state index in [0.717, 1.165) is 6.08 Å². The SMILES string of the molecule is CC(=CCC(O)(O)O)C(=O)OCCC(CO)(CO)CO. The third-order valence-corrected chi connectivity index (χ3v) is 2.88. The number of carbonyl (C=O) groups excluding carboxylic acids is 1. The van der Waals surface area contributed by atoms with Gasteiger partial charge in [-0.15, -0.1) is 0 Å². The third-order valence-electron chi connectivity index (χ3n) is 2.88. The number of aliphatic hydroxyl groups is 6. The first kappa shape index (κ1) is 19.0. The first-order valence-electron chi connectivity index (χ1n) is 6.03. The number of hydrogen-bond acceptors (Lipinski definition) is 8. The summed E-state index contributed by atoms with van der Waals surface area (Å²) in [7, 11) is 0. The van der Waals surface area contributed by atoms with Crippen molar-refractivity contribution in [3.8, 4) is 0 Å². The maximum atomic E-state index is 11.5. The van der Waals surface area contributed by atoms with Crippen molar-refractivity contribution in [1.82, 2.24) is 0 Å². The van der Waals surface area contributed by atoms with Gasteiger partial charge in [-0.3, -0.25) is 0 Å². The monoisotopic (exact) mass is 294 g/mol. The summed E-state index contributed by atoms with van der Waals surface area (Å²) < 4.78 is 4.84. The second-order valence-electron chi connectivity index (χ2n) is 4.73.